The number of nitrogens with one attached hydrogen (secondary N) is 2. The molecular weight excluding hydrogens is 429 g/mol. The van der Waals surface area contributed by atoms with E-state index in [1.807, 2.05) is 0 Å². The predicted octanol–water partition coefficient (Wildman–Crippen LogP) is 1.57. The van der Waals surface area contributed by atoms with Crippen LogP contribution in [0.25, 0.3) is 11.3 Å². The molecular formula is C17H12F5N7O2. The fourth-order valence-corrected chi connectivity index (χ4v) is 2.37. The van der Waals surface area contributed by atoms with Crippen molar-refractivity contribution in [1.29, 1.82) is 0 Å². The van der Waals surface area contributed by atoms with Crippen LogP contribution >= 0.6 is 0 Å². The minimum absolute atomic E-state index is 0.294. The topological polar surface area (TPSA) is 128 Å². The van der Waals surface area contributed by atoms with Crippen molar-refractivity contribution in [3.8, 4) is 11.3 Å². The molecule has 4 N–H and O–H groups in total. The number of hydrogen-bond acceptors (Lipinski definition) is 6. The van der Waals surface area contributed by atoms with Crippen LogP contribution in [0.3, 0.4) is 0 Å². The quantitative estimate of drug-likeness (QED) is 0.417. The Morgan fingerprint density at radius 3 is 2.35 bits per heavy atom. The van der Waals surface area contributed by atoms with Crippen molar-refractivity contribution in [3.05, 3.63) is 59.4 Å². The van der Waals surface area contributed by atoms with Crippen molar-refractivity contribution in [2.75, 3.05) is 5.73 Å². The molecule has 0 spiro atoms. The van der Waals surface area contributed by atoms with Gasteiger partial charge in [-0.1, -0.05) is 5.21 Å². The number of nitrogens with two attached hydrogens (primary N) is 1. The minimum Gasteiger partial charge on any atom is -0.384 e. The number of carbonyl (C=O) groups is 2. The summed E-state index contributed by atoms with van der Waals surface area (Å²) in [5.41, 5.74) is 7.82. The van der Waals surface area contributed by atoms with Crippen molar-refractivity contribution in [3.63, 3.8) is 0 Å². The molecule has 0 saturated carbocycles. The van der Waals surface area contributed by atoms with Gasteiger partial charge in [-0.05, 0) is 24.3 Å². The first-order chi connectivity index (χ1) is 14.5. The molecule has 2 heterocycles. The van der Waals surface area contributed by atoms with Crippen LogP contribution in [0, 0.1) is 11.6 Å². The Labute approximate surface area is 170 Å². The molecule has 1 aromatic carbocycles. The summed E-state index contributed by atoms with van der Waals surface area (Å²) in [4.78, 5) is 26.4. The zero-order chi connectivity index (χ0) is 22.8. The maximum atomic E-state index is 14.3. The van der Waals surface area contributed by atoms with Gasteiger partial charge in [-0.2, -0.15) is 13.2 Å². The number of nitrogens with zero attached hydrogens (tertiary/aromatic N) is 4. The molecule has 9 nitrogen and oxygen atoms in total. The number of pyridine rings is 1. The maximum Gasteiger partial charge on any atom is 0.472 e. The molecule has 2 amide bonds. The van der Waals surface area contributed by atoms with Gasteiger partial charge in [0, 0.05) is 22.9 Å². The van der Waals surface area contributed by atoms with Crippen LogP contribution in [0.4, 0.5) is 27.8 Å². The smallest absolute Gasteiger partial charge is 0.384 e. The highest BCUT2D eigenvalue weighted by Gasteiger charge is 2.39. The third-order valence-electron chi connectivity index (χ3n) is 3.89. The van der Waals surface area contributed by atoms with Gasteiger partial charge in [0.25, 0.3) is 5.91 Å². The first-order valence-electron chi connectivity index (χ1n) is 8.32. The van der Waals surface area contributed by atoms with Gasteiger partial charge in [-0.3, -0.25) is 20.4 Å². The Bertz CT molecular complexity index is 1110. The molecule has 0 unspecified atom stereocenters. The summed E-state index contributed by atoms with van der Waals surface area (Å²) >= 11 is 0. The molecule has 0 aliphatic carbocycles. The molecule has 0 aliphatic rings. The van der Waals surface area contributed by atoms with Gasteiger partial charge >= 0.3 is 12.1 Å². The number of hydrazine groups is 1. The molecule has 3 rings (SSSR count). The lowest BCUT2D eigenvalue weighted by atomic mass is 10.1. The molecule has 0 aliphatic heterocycles. The number of hydrogen-bond donors (Lipinski definition) is 3. The number of nitrogen functional groups attached to an aromatic ring is 1. The van der Waals surface area contributed by atoms with Gasteiger partial charge in [0.15, 0.2) is 0 Å². The first-order valence-corrected chi connectivity index (χ1v) is 8.32. The zero-order valence-electron chi connectivity index (χ0n) is 15.2. The third-order valence-corrected chi connectivity index (χ3v) is 3.89. The van der Waals surface area contributed by atoms with Crippen LogP contribution < -0.4 is 16.6 Å². The SMILES string of the molecule is Nc1ccc(-c2cn(Cc3c(F)cc(C(=O)NNC(=O)C(F)(F)F)cc3F)nn2)cn1. The molecule has 14 heteroatoms. The number of aromatic nitrogens is 4. The Morgan fingerprint density at radius 2 is 1.77 bits per heavy atom. The van der Waals surface area contributed by atoms with E-state index in [1.165, 1.54) is 23.9 Å². The number of anilines is 1. The molecule has 0 bridgehead atoms. The summed E-state index contributed by atoms with van der Waals surface area (Å²) in [6.07, 6.45) is -2.40. The number of amides is 2. The fourth-order valence-electron chi connectivity index (χ4n) is 2.37. The summed E-state index contributed by atoms with van der Waals surface area (Å²) in [5, 5.41) is 7.63. The predicted molar refractivity (Wildman–Crippen MR) is 94.8 cm³/mol. The normalized spacial score (nSPS) is 11.3. The molecule has 162 valence electrons. The number of rotatable bonds is 4. The van der Waals surface area contributed by atoms with E-state index in [1.54, 1.807) is 6.07 Å². The van der Waals surface area contributed by atoms with E-state index in [2.05, 4.69) is 15.3 Å². The molecule has 3 aromatic rings. The minimum atomic E-state index is -5.24. The Morgan fingerprint density at radius 1 is 1.10 bits per heavy atom. The Hall–Kier alpha value is -4.10. The van der Waals surface area contributed by atoms with E-state index in [9.17, 15) is 31.5 Å². The average Bonchev–Trinajstić information content (AvgIpc) is 3.17. The number of benzene rings is 1. The van der Waals surface area contributed by atoms with E-state index >= 15 is 0 Å². The van der Waals surface area contributed by atoms with Gasteiger partial charge in [0.1, 0.15) is 23.1 Å². The first kappa shape index (κ1) is 21.6. The molecule has 0 atom stereocenters. The summed E-state index contributed by atoms with van der Waals surface area (Å²) in [6.45, 7) is -0.389. The Kier molecular flexibility index (Phi) is 5.81. The van der Waals surface area contributed by atoms with Crippen LogP contribution in [0.5, 0.6) is 0 Å². The van der Waals surface area contributed by atoms with E-state index in [0.29, 0.717) is 29.2 Å². The van der Waals surface area contributed by atoms with E-state index in [0.717, 1.165) is 10.1 Å². The van der Waals surface area contributed by atoms with E-state index < -0.39 is 40.8 Å². The van der Waals surface area contributed by atoms with Crippen molar-refractivity contribution in [1.82, 2.24) is 30.8 Å². The highest BCUT2D eigenvalue weighted by atomic mass is 19.4. The van der Waals surface area contributed by atoms with Crippen LogP contribution in [-0.4, -0.2) is 38.0 Å². The standard InChI is InChI=1S/C17H12F5N7O2/c18-11-3-9(15(30)26-27-16(31)17(20,21)22)4-12(19)10(11)6-29-7-13(25-28-29)8-1-2-14(23)24-5-8/h1-5,7H,6H2,(H2,23,24)(H,26,30)(H,27,31). The van der Waals surface area contributed by atoms with Crippen LogP contribution in [0.2, 0.25) is 0 Å². The second kappa shape index (κ2) is 8.33. The molecule has 0 radical (unpaired) electrons. The van der Waals surface area contributed by atoms with E-state index in [-0.39, 0.29) is 6.54 Å². The maximum absolute atomic E-state index is 14.3. The van der Waals surface area contributed by atoms with E-state index in [4.69, 9.17) is 5.73 Å². The lowest BCUT2D eigenvalue weighted by molar-refractivity contribution is -0.174. The molecule has 0 fully saturated rings. The summed E-state index contributed by atoms with van der Waals surface area (Å²) < 4.78 is 66.2. The number of carbonyl (C=O) groups excluding carboxylic acids is 2. The summed E-state index contributed by atoms with van der Waals surface area (Å²) in [7, 11) is 0. The summed E-state index contributed by atoms with van der Waals surface area (Å²) in [6, 6.07) is 4.38. The second-order valence-corrected chi connectivity index (χ2v) is 6.10. The molecule has 2 aromatic heterocycles. The largest absolute Gasteiger partial charge is 0.472 e. The fraction of sp³-hybridized carbons (Fsp3) is 0.118. The van der Waals surface area contributed by atoms with Crippen molar-refractivity contribution in [2.45, 2.75) is 12.7 Å². The Balaban J connectivity index is 1.73. The second-order valence-electron chi connectivity index (χ2n) is 6.10. The van der Waals surface area contributed by atoms with Crippen LogP contribution in [0.15, 0.2) is 36.7 Å². The van der Waals surface area contributed by atoms with Crippen LogP contribution in [-0.2, 0) is 11.3 Å². The molecule has 31 heavy (non-hydrogen) atoms. The lowest BCUT2D eigenvalue weighted by Gasteiger charge is -2.11. The van der Waals surface area contributed by atoms with Gasteiger partial charge in [0.2, 0.25) is 0 Å². The number of halogens is 5. The number of alkyl halides is 3. The van der Waals surface area contributed by atoms with Crippen LogP contribution in [0.1, 0.15) is 15.9 Å². The lowest BCUT2D eigenvalue weighted by Crippen LogP contribution is -2.47. The van der Waals surface area contributed by atoms with Gasteiger partial charge < -0.3 is 5.73 Å². The third kappa shape index (κ3) is 5.09. The summed E-state index contributed by atoms with van der Waals surface area (Å²) in [5.74, 6) is -5.81. The average molecular weight is 441 g/mol. The van der Waals surface area contributed by atoms with Gasteiger partial charge in [-0.25, -0.2) is 18.4 Å². The van der Waals surface area contributed by atoms with Crippen molar-refractivity contribution in [2.24, 2.45) is 0 Å². The van der Waals surface area contributed by atoms with Crippen molar-refractivity contribution >= 4 is 17.6 Å². The molecule has 0 saturated heterocycles. The highest BCUT2D eigenvalue weighted by Crippen LogP contribution is 2.19. The highest BCUT2D eigenvalue weighted by molar-refractivity contribution is 5.96. The van der Waals surface area contributed by atoms with Gasteiger partial charge in [0.05, 0.1) is 12.7 Å². The monoisotopic (exact) mass is 441 g/mol. The van der Waals surface area contributed by atoms with Crippen molar-refractivity contribution < 1.29 is 31.5 Å². The van der Waals surface area contributed by atoms with Gasteiger partial charge in [-0.15, -0.1) is 5.10 Å². The zero-order valence-corrected chi connectivity index (χ0v) is 15.2.